The third-order valence-corrected chi connectivity index (χ3v) is 3.61. The van der Waals surface area contributed by atoms with Gasteiger partial charge in [-0.3, -0.25) is 5.10 Å². The molecule has 0 atom stereocenters. The summed E-state index contributed by atoms with van der Waals surface area (Å²) in [5, 5.41) is 7.50. The molecule has 84 valence electrons. The molecule has 1 aromatic heterocycles. The molecule has 0 bridgehead atoms. The summed E-state index contributed by atoms with van der Waals surface area (Å²) in [6.45, 7) is 4.42. The second-order valence-electron chi connectivity index (χ2n) is 4.57. The van der Waals surface area contributed by atoms with Crippen molar-refractivity contribution in [2.45, 2.75) is 64.2 Å². The first kappa shape index (κ1) is 10.7. The van der Waals surface area contributed by atoms with Crippen molar-refractivity contribution in [1.82, 2.24) is 15.2 Å². The van der Waals surface area contributed by atoms with E-state index in [9.17, 15) is 0 Å². The number of hydrogen-bond acceptors (Lipinski definition) is 2. The number of aromatic amines is 1. The lowest BCUT2D eigenvalue weighted by Gasteiger charge is -2.06. The van der Waals surface area contributed by atoms with Crippen molar-refractivity contribution in [3.8, 4) is 0 Å². The molecule has 3 heteroatoms. The van der Waals surface area contributed by atoms with Crippen molar-refractivity contribution in [2.75, 3.05) is 0 Å². The Kier molecular flexibility index (Phi) is 3.39. The molecule has 1 aliphatic rings. The Morgan fingerprint density at radius 3 is 2.53 bits per heavy atom. The van der Waals surface area contributed by atoms with E-state index in [1.165, 1.54) is 25.7 Å². The van der Waals surface area contributed by atoms with E-state index in [-0.39, 0.29) is 0 Å². The van der Waals surface area contributed by atoms with E-state index in [2.05, 4.69) is 29.0 Å². The van der Waals surface area contributed by atoms with E-state index in [0.29, 0.717) is 11.8 Å². The molecule has 1 aliphatic carbocycles. The fourth-order valence-electron chi connectivity index (χ4n) is 2.51. The lowest BCUT2D eigenvalue weighted by atomic mass is 10.0. The zero-order chi connectivity index (χ0) is 10.7. The first-order valence-corrected chi connectivity index (χ1v) is 6.27. The van der Waals surface area contributed by atoms with Crippen LogP contribution in [0.15, 0.2) is 0 Å². The van der Waals surface area contributed by atoms with Gasteiger partial charge in [-0.05, 0) is 25.7 Å². The molecule has 0 spiro atoms. The normalized spacial score (nSPS) is 17.8. The maximum absolute atomic E-state index is 4.67. The molecular formula is C12H21N3. The van der Waals surface area contributed by atoms with E-state index >= 15 is 0 Å². The number of rotatable bonds is 4. The Balaban J connectivity index is 2.08. The molecule has 0 unspecified atom stereocenters. The summed E-state index contributed by atoms with van der Waals surface area (Å²) in [5.41, 5.74) is 0. The van der Waals surface area contributed by atoms with Gasteiger partial charge in [-0.25, -0.2) is 4.98 Å². The van der Waals surface area contributed by atoms with Gasteiger partial charge >= 0.3 is 0 Å². The van der Waals surface area contributed by atoms with Crippen molar-refractivity contribution in [3.63, 3.8) is 0 Å². The van der Waals surface area contributed by atoms with Crippen LogP contribution in [0.4, 0.5) is 0 Å². The van der Waals surface area contributed by atoms with Crippen LogP contribution in [-0.4, -0.2) is 15.2 Å². The highest BCUT2D eigenvalue weighted by atomic mass is 15.2. The maximum Gasteiger partial charge on any atom is 0.153 e. The van der Waals surface area contributed by atoms with Crippen LogP contribution in [0.3, 0.4) is 0 Å². The quantitative estimate of drug-likeness (QED) is 0.822. The second-order valence-corrected chi connectivity index (χ2v) is 4.57. The largest absolute Gasteiger partial charge is 0.263 e. The number of H-pyrrole nitrogens is 1. The summed E-state index contributed by atoms with van der Waals surface area (Å²) in [5.74, 6) is 3.35. The predicted octanol–water partition coefficient (Wildman–Crippen LogP) is 3.37. The Morgan fingerprint density at radius 1 is 1.27 bits per heavy atom. The molecule has 1 saturated carbocycles. The minimum atomic E-state index is 0.538. The summed E-state index contributed by atoms with van der Waals surface area (Å²) in [6, 6.07) is 0. The summed E-state index contributed by atoms with van der Waals surface area (Å²) in [7, 11) is 0. The van der Waals surface area contributed by atoms with Crippen LogP contribution < -0.4 is 0 Å². The smallest absolute Gasteiger partial charge is 0.153 e. The molecule has 0 radical (unpaired) electrons. The van der Waals surface area contributed by atoms with E-state index in [4.69, 9.17) is 0 Å². The number of nitrogens with one attached hydrogen (secondary N) is 1. The van der Waals surface area contributed by atoms with Crippen LogP contribution in [0.5, 0.6) is 0 Å². The van der Waals surface area contributed by atoms with Gasteiger partial charge in [-0.15, -0.1) is 0 Å². The molecule has 15 heavy (non-hydrogen) atoms. The SMILES string of the molecule is CCC(CC)c1n[nH]c(C2CCCC2)n1. The van der Waals surface area contributed by atoms with E-state index < -0.39 is 0 Å². The minimum absolute atomic E-state index is 0.538. The van der Waals surface area contributed by atoms with Crippen LogP contribution in [0, 0.1) is 0 Å². The van der Waals surface area contributed by atoms with Gasteiger partial charge in [0.15, 0.2) is 5.82 Å². The monoisotopic (exact) mass is 207 g/mol. The van der Waals surface area contributed by atoms with Gasteiger partial charge in [0.2, 0.25) is 0 Å². The number of hydrogen-bond donors (Lipinski definition) is 1. The zero-order valence-corrected chi connectivity index (χ0v) is 9.79. The summed E-state index contributed by atoms with van der Waals surface area (Å²) < 4.78 is 0. The van der Waals surface area contributed by atoms with Gasteiger partial charge in [-0.1, -0.05) is 26.7 Å². The standard InChI is InChI=1S/C12H21N3/c1-3-9(4-2)11-13-12(15-14-11)10-7-5-6-8-10/h9-10H,3-8H2,1-2H3,(H,13,14,15). The Bertz CT molecular complexity index is 279. The molecule has 0 amide bonds. The Hall–Kier alpha value is -0.860. The molecule has 1 N–H and O–H groups in total. The summed E-state index contributed by atoms with van der Waals surface area (Å²) in [6.07, 6.45) is 7.56. The van der Waals surface area contributed by atoms with Gasteiger partial charge in [-0.2, -0.15) is 5.10 Å². The highest BCUT2D eigenvalue weighted by molar-refractivity contribution is 5.03. The second kappa shape index (κ2) is 4.77. The van der Waals surface area contributed by atoms with Crippen molar-refractivity contribution in [1.29, 1.82) is 0 Å². The fourth-order valence-corrected chi connectivity index (χ4v) is 2.51. The van der Waals surface area contributed by atoms with Gasteiger partial charge in [0.05, 0.1) is 0 Å². The van der Waals surface area contributed by atoms with Crippen LogP contribution >= 0.6 is 0 Å². The lowest BCUT2D eigenvalue weighted by molar-refractivity contribution is 0.602. The van der Waals surface area contributed by atoms with Crippen LogP contribution in [-0.2, 0) is 0 Å². The van der Waals surface area contributed by atoms with E-state index in [1.54, 1.807) is 0 Å². The van der Waals surface area contributed by atoms with E-state index in [1.807, 2.05) is 0 Å². The molecule has 0 aliphatic heterocycles. The first-order chi connectivity index (χ1) is 7.35. The Labute approximate surface area is 91.7 Å². The van der Waals surface area contributed by atoms with Gasteiger partial charge in [0, 0.05) is 11.8 Å². The molecule has 2 rings (SSSR count). The van der Waals surface area contributed by atoms with Crippen LogP contribution in [0.2, 0.25) is 0 Å². The van der Waals surface area contributed by atoms with Crippen molar-refractivity contribution in [3.05, 3.63) is 11.6 Å². The lowest BCUT2D eigenvalue weighted by Crippen LogP contribution is -1.99. The van der Waals surface area contributed by atoms with E-state index in [0.717, 1.165) is 24.5 Å². The molecule has 1 heterocycles. The minimum Gasteiger partial charge on any atom is -0.263 e. The maximum atomic E-state index is 4.67. The summed E-state index contributed by atoms with van der Waals surface area (Å²) in [4.78, 5) is 4.67. The number of nitrogens with zero attached hydrogens (tertiary/aromatic N) is 2. The zero-order valence-electron chi connectivity index (χ0n) is 9.79. The molecular weight excluding hydrogens is 186 g/mol. The average Bonchev–Trinajstić information content (AvgIpc) is 2.89. The molecule has 3 nitrogen and oxygen atoms in total. The third kappa shape index (κ3) is 2.21. The van der Waals surface area contributed by atoms with Crippen molar-refractivity contribution >= 4 is 0 Å². The molecule has 1 fully saturated rings. The molecule has 1 aromatic rings. The average molecular weight is 207 g/mol. The van der Waals surface area contributed by atoms with Crippen LogP contribution in [0.1, 0.15) is 75.9 Å². The Morgan fingerprint density at radius 2 is 1.93 bits per heavy atom. The van der Waals surface area contributed by atoms with Crippen molar-refractivity contribution < 1.29 is 0 Å². The fraction of sp³-hybridized carbons (Fsp3) is 0.833. The van der Waals surface area contributed by atoms with Crippen LogP contribution in [0.25, 0.3) is 0 Å². The molecule has 0 aromatic carbocycles. The van der Waals surface area contributed by atoms with Crippen molar-refractivity contribution in [2.24, 2.45) is 0 Å². The predicted molar refractivity (Wildman–Crippen MR) is 60.9 cm³/mol. The number of aromatic nitrogens is 3. The third-order valence-electron chi connectivity index (χ3n) is 3.61. The first-order valence-electron chi connectivity index (χ1n) is 6.27. The van der Waals surface area contributed by atoms with Gasteiger partial charge in [0.25, 0.3) is 0 Å². The topological polar surface area (TPSA) is 41.6 Å². The molecule has 0 saturated heterocycles. The summed E-state index contributed by atoms with van der Waals surface area (Å²) >= 11 is 0. The van der Waals surface area contributed by atoms with Gasteiger partial charge in [0.1, 0.15) is 5.82 Å². The highest BCUT2D eigenvalue weighted by Crippen LogP contribution is 2.32. The van der Waals surface area contributed by atoms with Gasteiger partial charge < -0.3 is 0 Å². The highest BCUT2D eigenvalue weighted by Gasteiger charge is 2.22.